The van der Waals surface area contributed by atoms with E-state index in [0.29, 0.717) is 20.4 Å². The summed E-state index contributed by atoms with van der Waals surface area (Å²) >= 11 is 6.25. The van der Waals surface area contributed by atoms with Gasteiger partial charge in [0.2, 0.25) is 5.78 Å². The summed E-state index contributed by atoms with van der Waals surface area (Å²) in [7, 11) is 0. The molecule has 0 saturated heterocycles. The molecule has 1 aliphatic rings. The van der Waals surface area contributed by atoms with Gasteiger partial charge < -0.3 is 10.2 Å². The van der Waals surface area contributed by atoms with E-state index in [9.17, 15) is 14.7 Å². The maximum Gasteiger partial charge on any atom is 0.339 e. The van der Waals surface area contributed by atoms with Crippen molar-refractivity contribution in [2.45, 2.75) is 0 Å². The Hall–Kier alpha value is 0.270. The number of halogens is 2. The van der Waals surface area contributed by atoms with E-state index < -0.39 is 5.97 Å². The van der Waals surface area contributed by atoms with Gasteiger partial charge in [-0.1, -0.05) is 0 Å². The van der Waals surface area contributed by atoms with Crippen LogP contribution in [0.2, 0.25) is 0 Å². The Kier molecular flexibility index (Phi) is 9.65. The van der Waals surface area contributed by atoms with E-state index in [2.05, 4.69) is 36.9 Å². The van der Waals surface area contributed by atoms with Crippen molar-refractivity contribution in [3.8, 4) is 5.75 Å². The number of hydrogen-bond donors (Lipinski definition) is 2. The fourth-order valence-corrected chi connectivity index (χ4v) is 2.69. The number of rotatable bonds is 2. The predicted octanol–water partition coefficient (Wildman–Crippen LogP) is 2.54. The first-order valence-electron chi connectivity index (χ1n) is 5.32. The third kappa shape index (κ3) is 5.42. The summed E-state index contributed by atoms with van der Waals surface area (Å²) < 4.78 is 0.700. The molecular formula is C13H7Br2NNa2O4. The van der Waals surface area contributed by atoms with Crippen molar-refractivity contribution in [1.29, 1.82) is 0 Å². The van der Waals surface area contributed by atoms with E-state index in [4.69, 9.17) is 5.11 Å². The second-order valence-corrected chi connectivity index (χ2v) is 5.57. The molecule has 0 bridgehead atoms. The van der Waals surface area contributed by atoms with Crippen LogP contribution in [0.3, 0.4) is 0 Å². The molecule has 0 spiro atoms. The van der Waals surface area contributed by atoms with Gasteiger partial charge in [0, 0.05) is 59.1 Å². The fraction of sp³-hybridized carbons (Fsp3) is 0. The number of Topliss-reactive ketones (excluding diaryl/α,β-unsaturated/α-hetero) is 1. The molecule has 0 amide bonds. The number of aliphatic imine (C=N–C) groups is 1. The molecule has 0 fully saturated rings. The van der Waals surface area contributed by atoms with E-state index in [1.54, 1.807) is 0 Å². The van der Waals surface area contributed by atoms with E-state index in [-0.39, 0.29) is 76.2 Å². The summed E-state index contributed by atoms with van der Waals surface area (Å²) in [6.07, 6.45) is 3.06. The van der Waals surface area contributed by atoms with Crippen molar-refractivity contribution in [3.05, 3.63) is 44.9 Å². The monoisotopic (exact) mass is 445 g/mol. The van der Waals surface area contributed by atoms with Crippen LogP contribution >= 0.6 is 31.9 Å². The van der Waals surface area contributed by atoms with Gasteiger partial charge >= 0.3 is 5.97 Å². The average molecular weight is 447 g/mol. The van der Waals surface area contributed by atoms with Crippen LogP contribution in [0.1, 0.15) is 10.4 Å². The third-order valence-electron chi connectivity index (χ3n) is 2.45. The van der Waals surface area contributed by atoms with E-state index in [0.717, 1.165) is 0 Å². The molecule has 1 aliphatic carbocycles. The molecule has 0 aromatic heterocycles. The number of hydrogen-bond acceptors (Lipinski definition) is 4. The van der Waals surface area contributed by atoms with Crippen LogP contribution in [-0.4, -0.2) is 86.8 Å². The van der Waals surface area contributed by atoms with Gasteiger partial charge in [-0.2, -0.15) is 0 Å². The van der Waals surface area contributed by atoms with Gasteiger partial charge in [0.25, 0.3) is 0 Å². The molecule has 1 aromatic carbocycles. The Morgan fingerprint density at radius 3 is 2.14 bits per heavy atom. The van der Waals surface area contributed by atoms with Crippen LogP contribution in [0.5, 0.6) is 5.75 Å². The van der Waals surface area contributed by atoms with Gasteiger partial charge in [-0.3, -0.25) is 4.79 Å². The first kappa shape index (κ1) is 22.3. The van der Waals surface area contributed by atoms with Crippen LogP contribution in [0.4, 0.5) is 5.69 Å². The summed E-state index contributed by atoms with van der Waals surface area (Å²) in [6, 6.07) is 3.99. The number of aromatic hydroxyl groups is 1. The van der Waals surface area contributed by atoms with Gasteiger partial charge in [-0.15, -0.1) is 0 Å². The maximum absolute atomic E-state index is 11.5. The average Bonchev–Trinajstić information content (AvgIpc) is 2.38. The van der Waals surface area contributed by atoms with Gasteiger partial charge in [0.15, 0.2) is 0 Å². The summed E-state index contributed by atoms with van der Waals surface area (Å²) in [5, 5.41) is 18.3. The summed E-state index contributed by atoms with van der Waals surface area (Å²) in [5.74, 6) is -1.76. The van der Waals surface area contributed by atoms with Crippen LogP contribution in [0.15, 0.2) is 44.3 Å². The number of carboxylic acid groups (broad SMARTS) is 1. The predicted molar refractivity (Wildman–Crippen MR) is 92.7 cm³/mol. The standard InChI is InChI=1S/C13H7Br2NO4.2Na/c14-9-4-7(5-10(15)12(9)18)16-6-1-2-11(17)8(3-6)13(19)20;;/h1-5,17H,(H,19,20);;. The quantitative estimate of drug-likeness (QED) is 0.540. The number of carbonyl (C=O) groups excluding carboxylic acids is 1. The molecule has 0 saturated carbocycles. The molecule has 0 atom stereocenters. The van der Waals surface area contributed by atoms with Gasteiger partial charge in [-0.25, -0.2) is 9.79 Å². The van der Waals surface area contributed by atoms with Crippen LogP contribution in [0, 0.1) is 0 Å². The van der Waals surface area contributed by atoms with Crippen molar-refractivity contribution in [1.82, 2.24) is 0 Å². The Labute approximate surface area is 187 Å². The zero-order valence-electron chi connectivity index (χ0n) is 11.8. The molecule has 5 nitrogen and oxygen atoms in total. The van der Waals surface area contributed by atoms with E-state index in [1.165, 1.54) is 30.4 Å². The molecule has 2 N–H and O–H groups in total. The number of allylic oxidation sites excluding steroid dienone is 4. The Balaban J connectivity index is 0.00000220. The minimum atomic E-state index is -1.24. The van der Waals surface area contributed by atoms with Crippen molar-refractivity contribution in [3.63, 3.8) is 0 Å². The normalized spacial score (nSPS) is 13.4. The topological polar surface area (TPSA) is 87.0 Å². The van der Waals surface area contributed by atoms with Crippen molar-refractivity contribution < 1.29 is 19.8 Å². The molecule has 1 aromatic rings. The maximum atomic E-state index is 11.5. The number of benzene rings is 1. The minimum Gasteiger partial charge on any atom is -0.507 e. The third-order valence-corrected chi connectivity index (χ3v) is 3.63. The number of nitrogens with zero attached hydrogens (tertiary/aromatic N) is 1. The summed E-state index contributed by atoms with van der Waals surface area (Å²) in [4.78, 5) is 26.7. The van der Waals surface area contributed by atoms with Crippen molar-refractivity contribution in [2.75, 3.05) is 0 Å². The number of ketones is 1. The number of aromatic carboxylic acids is 1. The van der Waals surface area contributed by atoms with Gasteiger partial charge in [-0.05, 0) is 62.2 Å². The van der Waals surface area contributed by atoms with Crippen LogP contribution in [-0.2, 0) is 4.79 Å². The SMILES string of the molecule is O=C1C(Br)=CC(=Nc2ccc(O)c(C(=O)O)c2)C=C1Br.[Na].[Na]. The van der Waals surface area contributed by atoms with Crippen LogP contribution < -0.4 is 0 Å². The molecule has 2 rings (SSSR count). The summed E-state index contributed by atoms with van der Waals surface area (Å²) in [5.41, 5.74) is 0.604. The molecule has 104 valence electrons. The number of carbonyl (C=O) groups is 2. The minimum absolute atomic E-state index is 0. The molecule has 9 heteroatoms. The fourth-order valence-electron chi connectivity index (χ4n) is 1.53. The molecule has 2 radical (unpaired) electrons. The van der Waals surface area contributed by atoms with Crippen LogP contribution in [0.25, 0.3) is 0 Å². The molecule has 22 heavy (non-hydrogen) atoms. The molecule has 0 unspecified atom stereocenters. The zero-order valence-corrected chi connectivity index (χ0v) is 19.0. The van der Waals surface area contributed by atoms with Crippen molar-refractivity contribution >= 4 is 114 Å². The van der Waals surface area contributed by atoms with E-state index in [1.807, 2.05) is 0 Å². The first-order valence-corrected chi connectivity index (χ1v) is 6.91. The largest absolute Gasteiger partial charge is 0.507 e. The first-order chi connectivity index (χ1) is 9.38. The number of carboxylic acids is 1. The zero-order chi connectivity index (χ0) is 14.9. The van der Waals surface area contributed by atoms with Gasteiger partial charge in [0.1, 0.15) is 11.3 Å². The Morgan fingerprint density at radius 1 is 1.09 bits per heavy atom. The van der Waals surface area contributed by atoms with Gasteiger partial charge in [0.05, 0.1) is 20.4 Å². The van der Waals surface area contributed by atoms with Crippen molar-refractivity contribution in [2.24, 2.45) is 4.99 Å². The van der Waals surface area contributed by atoms with E-state index >= 15 is 0 Å². The Bertz CT molecular complexity index is 690. The number of phenols is 1. The summed E-state index contributed by atoms with van der Waals surface area (Å²) in [6.45, 7) is 0. The second kappa shape index (κ2) is 9.54. The molecular weight excluding hydrogens is 440 g/mol. The smallest absolute Gasteiger partial charge is 0.339 e. The Morgan fingerprint density at radius 2 is 1.64 bits per heavy atom. The molecule has 0 heterocycles. The second-order valence-electron chi connectivity index (χ2n) is 3.86. The molecule has 0 aliphatic heterocycles.